The van der Waals surface area contributed by atoms with Gasteiger partial charge in [-0.05, 0) is 17.9 Å². The highest BCUT2D eigenvalue weighted by molar-refractivity contribution is 5.45. The third-order valence-corrected chi connectivity index (χ3v) is 3.60. The molecule has 1 unspecified atom stereocenters. The predicted octanol–water partition coefficient (Wildman–Crippen LogP) is 2.05. The first-order valence-electron chi connectivity index (χ1n) is 4.93. The highest BCUT2D eigenvalue weighted by atomic mass is 16.3. The highest BCUT2D eigenvalue weighted by Gasteiger charge is 2.62. The lowest BCUT2D eigenvalue weighted by Crippen LogP contribution is -2.19. The molecule has 76 valence electrons. The molecule has 0 aliphatic heterocycles. The molecule has 0 amide bonds. The van der Waals surface area contributed by atoms with Gasteiger partial charge in [-0.1, -0.05) is 32.0 Å². The Morgan fingerprint density at radius 1 is 1.29 bits per heavy atom. The van der Waals surface area contributed by atoms with Gasteiger partial charge in [0.15, 0.2) is 0 Å². The van der Waals surface area contributed by atoms with Crippen LogP contribution in [-0.4, -0.2) is 16.8 Å². The molecule has 1 aromatic carbocycles. The molecule has 1 fully saturated rings. The first-order valence-corrected chi connectivity index (χ1v) is 4.93. The van der Waals surface area contributed by atoms with E-state index >= 15 is 0 Å². The van der Waals surface area contributed by atoms with E-state index in [9.17, 15) is 10.2 Å². The summed E-state index contributed by atoms with van der Waals surface area (Å²) in [6.45, 7) is 4.35. The van der Waals surface area contributed by atoms with Gasteiger partial charge in [0.05, 0.1) is 6.61 Å². The van der Waals surface area contributed by atoms with Crippen LogP contribution in [0.2, 0.25) is 0 Å². The van der Waals surface area contributed by atoms with Crippen molar-refractivity contribution in [1.29, 1.82) is 0 Å². The maximum absolute atomic E-state index is 9.74. The van der Waals surface area contributed by atoms with E-state index in [4.69, 9.17) is 0 Å². The minimum absolute atomic E-state index is 0.0978. The standard InChI is InChI=1S/C12H16O2/c1-11(2)7-12(11,8-13)9-5-3-4-6-10(9)14/h3-6,13-14H,7-8H2,1-2H3. The Hall–Kier alpha value is -1.02. The van der Waals surface area contributed by atoms with Crippen LogP contribution in [0.3, 0.4) is 0 Å². The zero-order chi connectivity index (χ0) is 10.4. The minimum Gasteiger partial charge on any atom is -0.508 e. The summed E-state index contributed by atoms with van der Waals surface area (Å²) in [5.74, 6) is 0.298. The van der Waals surface area contributed by atoms with Crippen LogP contribution in [0, 0.1) is 5.41 Å². The lowest BCUT2D eigenvalue weighted by molar-refractivity contribution is 0.228. The van der Waals surface area contributed by atoms with Crippen molar-refractivity contribution in [2.45, 2.75) is 25.7 Å². The molecule has 1 atom stereocenters. The number of aromatic hydroxyl groups is 1. The zero-order valence-corrected chi connectivity index (χ0v) is 8.62. The summed E-state index contributed by atoms with van der Waals surface area (Å²) in [7, 11) is 0. The van der Waals surface area contributed by atoms with Crippen molar-refractivity contribution in [1.82, 2.24) is 0 Å². The minimum atomic E-state index is -0.224. The second kappa shape index (κ2) is 2.74. The second-order valence-electron chi connectivity index (χ2n) is 4.82. The van der Waals surface area contributed by atoms with Crippen molar-refractivity contribution in [2.24, 2.45) is 5.41 Å². The summed E-state index contributed by atoms with van der Waals surface area (Å²) in [6.07, 6.45) is 0.939. The topological polar surface area (TPSA) is 40.5 Å². The number of rotatable bonds is 2. The first-order chi connectivity index (χ1) is 6.53. The van der Waals surface area contributed by atoms with E-state index in [0.717, 1.165) is 12.0 Å². The Balaban J connectivity index is 2.46. The molecule has 0 heterocycles. The third-order valence-electron chi connectivity index (χ3n) is 3.60. The molecule has 0 radical (unpaired) electrons. The zero-order valence-electron chi connectivity index (χ0n) is 8.62. The van der Waals surface area contributed by atoms with Crippen LogP contribution >= 0.6 is 0 Å². The van der Waals surface area contributed by atoms with Crippen molar-refractivity contribution in [3.63, 3.8) is 0 Å². The van der Waals surface area contributed by atoms with E-state index in [0.29, 0.717) is 5.75 Å². The SMILES string of the molecule is CC1(C)CC1(CO)c1ccccc1O. The lowest BCUT2D eigenvalue weighted by Gasteiger charge is -2.19. The van der Waals surface area contributed by atoms with E-state index in [2.05, 4.69) is 13.8 Å². The average Bonchev–Trinajstić information content (AvgIpc) is 2.70. The molecule has 2 heteroatoms. The Morgan fingerprint density at radius 3 is 2.29 bits per heavy atom. The normalized spacial score (nSPS) is 28.8. The molecule has 1 aliphatic carbocycles. The van der Waals surface area contributed by atoms with Crippen LogP contribution in [0.4, 0.5) is 0 Å². The smallest absolute Gasteiger partial charge is 0.119 e. The number of para-hydroxylation sites is 1. The number of benzene rings is 1. The maximum Gasteiger partial charge on any atom is 0.119 e. The molecule has 14 heavy (non-hydrogen) atoms. The van der Waals surface area contributed by atoms with Crippen molar-refractivity contribution in [2.75, 3.05) is 6.61 Å². The number of hydrogen-bond acceptors (Lipinski definition) is 2. The van der Waals surface area contributed by atoms with E-state index in [1.54, 1.807) is 12.1 Å². The van der Waals surface area contributed by atoms with E-state index in [1.165, 1.54) is 0 Å². The van der Waals surface area contributed by atoms with E-state index in [1.807, 2.05) is 12.1 Å². The van der Waals surface area contributed by atoms with Crippen LogP contribution in [0.1, 0.15) is 25.8 Å². The van der Waals surface area contributed by atoms with Gasteiger partial charge in [0.1, 0.15) is 5.75 Å². The Morgan fingerprint density at radius 2 is 1.86 bits per heavy atom. The summed E-state index contributed by atoms with van der Waals surface area (Å²) >= 11 is 0. The molecule has 0 bridgehead atoms. The molecule has 1 aromatic rings. The Labute approximate surface area is 84.2 Å². The fourth-order valence-corrected chi connectivity index (χ4v) is 2.40. The average molecular weight is 192 g/mol. The van der Waals surface area contributed by atoms with Gasteiger partial charge >= 0.3 is 0 Å². The molecule has 2 nitrogen and oxygen atoms in total. The van der Waals surface area contributed by atoms with Gasteiger partial charge in [-0.15, -0.1) is 0 Å². The van der Waals surface area contributed by atoms with Gasteiger partial charge in [-0.25, -0.2) is 0 Å². The first kappa shape index (κ1) is 9.53. The molecular formula is C12H16O2. The molecule has 0 spiro atoms. The summed E-state index contributed by atoms with van der Waals surface area (Å²) < 4.78 is 0. The molecule has 2 rings (SSSR count). The molecule has 1 saturated carbocycles. The van der Waals surface area contributed by atoms with Crippen LogP contribution in [0.5, 0.6) is 5.75 Å². The largest absolute Gasteiger partial charge is 0.508 e. The summed E-state index contributed by atoms with van der Waals surface area (Å²) in [5.41, 5.74) is 0.756. The summed E-state index contributed by atoms with van der Waals surface area (Å²) in [5, 5.41) is 19.2. The van der Waals surface area contributed by atoms with Gasteiger partial charge in [0.25, 0.3) is 0 Å². The van der Waals surface area contributed by atoms with Gasteiger partial charge in [0.2, 0.25) is 0 Å². The van der Waals surface area contributed by atoms with Crippen LogP contribution in [-0.2, 0) is 5.41 Å². The number of aliphatic hydroxyl groups excluding tert-OH is 1. The van der Waals surface area contributed by atoms with Gasteiger partial charge in [0, 0.05) is 11.0 Å². The highest BCUT2D eigenvalue weighted by Crippen LogP contribution is 2.65. The Kier molecular flexibility index (Phi) is 1.86. The number of hydrogen-bond donors (Lipinski definition) is 2. The summed E-state index contributed by atoms with van der Waals surface area (Å²) in [4.78, 5) is 0. The van der Waals surface area contributed by atoms with Gasteiger partial charge in [-0.2, -0.15) is 0 Å². The number of aliphatic hydroxyl groups is 1. The number of phenols is 1. The van der Waals surface area contributed by atoms with Crippen LogP contribution in [0.25, 0.3) is 0 Å². The second-order valence-corrected chi connectivity index (χ2v) is 4.82. The third kappa shape index (κ3) is 1.07. The fourth-order valence-electron chi connectivity index (χ4n) is 2.40. The van der Waals surface area contributed by atoms with Crippen LogP contribution in [0.15, 0.2) is 24.3 Å². The molecule has 0 aromatic heterocycles. The van der Waals surface area contributed by atoms with E-state index < -0.39 is 0 Å². The molecule has 1 aliphatic rings. The van der Waals surface area contributed by atoms with Crippen molar-refractivity contribution in [3.8, 4) is 5.75 Å². The van der Waals surface area contributed by atoms with Crippen LogP contribution < -0.4 is 0 Å². The summed E-state index contributed by atoms with van der Waals surface area (Å²) in [6, 6.07) is 7.29. The Bertz CT molecular complexity index is 357. The lowest BCUT2D eigenvalue weighted by atomic mass is 9.88. The molecular weight excluding hydrogens is 176 g/mol. The quantitative estimate of drug-likeness (QED) is 0.753. The predicted molar refractivity (Wildman–Crippen MR) is 55.3 cm³/mol. The molecule has 2 N–H and O–H groups in total. The van der Waals surface area contributed by atoms with Crippen molar-refractivity contribution < 1.29 is 10.2 Å². The van der Waals surface area contributed by atoms with Gasteiger partial charge in [-0.3, -0.25) is 0 Å². The maximum atomic E-state index is 9.74. The number of phenolic OH excluding ortho intramolecular Hbond substituents is 1. The van der Waals surface area contributed by atoms with Gasteiger partial charge < -0.3 is 10.2 Å². The van der Waals surface area contributed by atoms with Crippen molar-refractivity contribution >= 4 is 0 Å². The monoisotopic (exact) mass is 192 g/mol. The molecule has 0 saturated heterocycles. The fraction of sp³-hybridized carbons (Fsp3) is 0.500. The van der Waals surface area contributed by atoms with E-state index in [-0.39, 0.29) is 17.4 Å². The van der Waals surface area contributed by atoms with Crippen molar-refractivity contribution in [3.05, 3.63) is 29.8 Å².